The normalized spacial score (nSPS) is 13.2. The molecule has 33 heavy (non-hydrogen) atoms. The van der Waals surface area contributed by atoms with Crippen molar-refractivity contribution in [2.24, 2.45) is 5.73 Å². The minimum absolute atomic E-state index is 0.0656. The fourth-order valence-electron chi connectivity index (χ4n) is 3.57. The second-order valence-corrected chi connectivity index (χ2v) is 8.29. The van der Waals surface area contributed by atoms with E-state index in [1.165, 1.54) is 4.57 Å². The average molecular weight is 466 g/mol. The maximum Gasteiger partial charge on any atom is 0.294 e. The van der Waals surface area contributed by atoms with Crippen molar-refractivity contribution in [1.29, 1.82) is 5.41 Å². The van der Waals surface area contributed by atoms with Gasteiger partial charge in [-0.2, -0.15) is 0 Å². The number of carbonyl (C=O) groups is 1. The first kappa shape index (κ1) is 22.3. The Kier molecular flexibility index (Phi) is 6.32. The van der Waals surface area contributed by atoms with Crippen LogP contribution in [0.4, 0.5) is 17.2 Å². The Hall–Kier alpha value is -3.85. The summed E-state index contributed by atoms with van der Waals surface area (Å²) in [5, 5.41) is 13.5. The molecule has 1 aromatic heterocycles. The number of carbonyl (C=O) groups excluding carboxylic acids is 1. The van der Waals surface area contributed by atoms with E-state index >= 15 is 0 Å². The van der Waals surface area contributed by atoms with Crippen LogP contribution in [-0.4, -0.2) is 27.3 Å². The van der Waals surface area contributed by atoms with Gasteiger partial charge in [-0.3, -0.25) is 19.6 Å². The highest BCUT2D eigenvalue weighted by Gasteiger charge is 2.23. The number of amides is 1. The number of amidine groups is 1. The number of nitrogen functional groups attached to an aromatic ring is 2. The molecule has 3 aromatic rings. The molecule has 7 N–H and O–H groups in total. The lowest BCUT2D eigenvalue weighted by Gasteiger charge is -2.27. The van der Waals surface area contributed by atoms with Gasteiger partial charge in [0.05, 0.1) is 5.69 Å². The van der Waals surface area contributed by atoms with E-state index in [2.05, 4.69) is 15.6 Å². The van der Waals surface area contributed by atoms with Gasteiger partial charge in [-0.05, 0) is 55.7 Å². The number of nitrogens with one attached hydrogen (secondary N) is 3. The Morgan fingerprint density at radius 3 is 2.55 bits per heavy atom. The first-order chi connectivity index (χ1) is 15.8. The maximum absolute atomic E-state index is 13.3. The average Bonchev–Trinajstić information content (AvgIpc) is 2.74. The van der Waals surface area contributed by atoms with E-state index in [0.29, 0.717) is 28.2 Å². The summed E-state index contributed by atoms with van der Waals surface area (Å²) in [6, 6.07) is 13.6. The second kappa shape index (κ2) is 9.33. The lowest BCUT2D eigenvalue weighted by atomic mass is 9.93. The van der Waals surface area contributed by atoms with Crippen LogP contribution in [0.25, 0.3) is 11.3 Å². The van der Waals surface area contributed by atoms with Crippen LogP contribution < -0.4 is 27.7 Å². The first-order valence-electron chi connectivity index (χ1n) is 10.5. The van der Waals surface area contributed by atoms with Gasteiger partial charge in [-0.15, -0.1) is 0 Å². The van der Waals surface area contributed by atoms with Gasteiger partial charge in [0.15, 0.2) is 11.0 Å². The molecule has 10 heteroatoms. The third kappa shape index (κ3) is 4.98. The largest absolute Gasteiger partial charge is 0.399 e. The van der Waals surface area contributed by atoms with E-state index in [9.17, 15) is 9.59 Å². The van der Waals surface area contributed by atoms with Gasteiger partial charge in [0.25, 0.3) is 5.56 Å². The molecule has 0 radical (unpaired) electrons. The van der Waals surface area contributed by atoms with Gasteiger partial charge in [-0.25, -0.2) is 4.98 Å². The van der Waals surface area contributed by atoms with Gasteiger partial charge in [0.2, 0.25) is 5.91 Å². The van der Waals surface area contributed by atoms with Crippen molar-refractivity contribution in [3.05, 3.63) is 69.6 Å². The number of halogens is 1. The number of anilines is 3. The number of nitrogens with two attached hydrogens (primary N) is 2. The summed E-state index contributed by atoms with van der Waals surface area (Å²) < 4.78 is 1.31. The molecule has 0 bridgehead atoms. The third-order valence-electron chi connectivity index (χ3n) is 5.51. The van der Waals surface area contributed by atoms with Gasteiger partial charge in [-0.1, -0.05) is 23.7 Å². The van der Waals surface area contributed by atoms with Crippen molar-refractivity contribution in [2.75, 3.05) is 16.4 Å². The summed E-state index contributed by atoms with van der Waals surface area (Å²) >= 11 is 6.51. The predicted molar refractivity (Wildman–Crippen MR) is 131 cm³/mol. The number of hydrogen-bond acceptors (Lipinski definition) is 6. The van der Waals surface area contributed by atoms with Crippen LogP contribution in [0.3, 0.4) is 0 Å². The topological polar surface area (TPSA) is 152 Å². The third-order valence-corrected chi connectivity index (χ3v) is 5.77. The standard InChI is InChI=1S/C23H24ClN7O2/c24-20-19(14-3-1-4-15(25)11-14)31(23(33)22(30-20)29-16-5-2-6-16)12-18(32)28-17-9-7-13(8-10-17)21(26)27/h1,3-4,7-11,16H,2,5-6,12,25H2,(H3,26,27)(H,28,32)(H,29,30). The molecular weight excluding hydrogens is 442 g/mol. The molecule has 0 atom stereocenters. The minimum atomic E-state index is -0.439. The fraction of sp³-hybridized carbons (Fsp3) is 0.217. The molecule has 2 aromatic carbocycles. The zero-order valence-electron chi connectivity index (χ0n) is 17.8. The van der Waals surface area contributed by atoms with E-state index in [-0.39, 0.29) is 29.4 Å². The van der Waals surface area contributed by atoms with Crippen molar-refractivity contribution in [3.8, 4) is 11.3 Å². The Morgan fingerprint density at radius 2 is 1.94 bits per heavy atom. The number of nitrogens with zero attached hydrogens (tertiary/aromatic N) is 2. The summed E-state index contributed by atoms with van der Waals surface area (Å²) in [6.45, 7) is -0.279. The van der Waals surface area contributed by atoms with Crippen LogP contribution in [0, 0.1) is 5.41 Å². The zero-order valence-corrected chi connectivity index (χ0v) is 18.5. The quantitative estimate of drug-likeness (QED) is 0.205. The molecule has 1 heterocycles. The Morgan fingerprint density at radius 1 is 1.21 bits per heavy atom. The highest BCUT2D eigenvalue weighted by atomic mass is 35.5. The number of benzene rings is 2. The predicted octanol–water partition coefficient (Wildman–Crippen LogP) is 3.03. The summed E-state index contributed by atoms with van der Waals surface area (Å²) in [5.74, 6) is -0.366. The van der Waals surface area contributed by atoms with Crippen molar-refractivity contribution in [3.63, 3.8) is 0 Å². The molecule has 1 fully saturated rings. The maximum atomic E-state index is 13.3. The SMILES string of the molecule is N=C(N)c1ccc(NC(=O)Cn2c(-c3cccc(N)c3)c(Cl)nc(NC3CCC3)c2=O)cc1. The van der Waals surface area contributed by atoms with Crippen molar-refractivity contribution in [1.82, 2.24) is 9.55 Å². The molecule has 0 saturated heterocycles. The van der Waals surface area contributed by atoms with Crippen molar-refractivity contribution >= 4 is 40.5 Å². The van der Waals surface area contributed by atoms with Crippen LogP contribution >= 0.6 is 11.6 Å². The van der Waals surface area contributed by atoms with Crippen molar-refractivity contribution < 1.29 is 4.79 Å². The summed E-state index contributed by atoms with van der Waals surface area (Å²) in [5.41, 5.74) is 13.4. The van der Waals surface area contributed by atoms with Gasteiger partial charge in [0, 0.05) is 28.5 Å². The van der Waals surface area contributed by atoms with Gasteiger partial charge in [0.1, 0.15) is 12.4 Å². The summed E-state index contributed by atoms with van der Waals surface area (Å²) in [4.78, 5) is 30.5. The molecule has 1 saturated carbocycles. The van der Waals surface area contributed by atoms with Crippen LogP contribution in [0.1, 0.15) is 24.8 Å². The van der Waals surface area contributed by atoms with Gasteiger partial charge < -0.3 is 22.1 Å². The van der Waals surface area contributed by atoms with E-state index in [1.807, 2.05) is 0 Å². The molecule has 1 aliphatic rings. The van der Waals surface area contributed by atoms with E-state index < -0.39 is 11.5 Å². The fourth-order valence-corrected chi connectivity index (χ4v) is 3.86. The first-order valence-corrected chi connectivity index (χ1v) is 10.9. The van der Waals surface area contributed by atoms with Gasteiger partial charge >= 0.3 is 0 Å². The van der Waals surface area contributed by atoms with E-state index in [1.54, 1.807) is 48.5 Å². The van der Waals surface area contributed by atoms with Crippen molar-refractivity contribution in [2.45, 2.75) is 31.8 Å². The highest BCUT2D eigenvalue weighted by molar-refractivity contribution is 6.32. The Balaban J connectivity index is 1.68. The Labute approximate surface area is 195 Å². The molecule has 9 nitrogen and oxygen atoms in total. The van der Waals surface area contributed by atoms with E-state index in [4.69, 9.17) is 28.5 Å². The monoisotopic (exact) mass is 465 g/mol. The Bertz CT molecular complexity index is 1270. The molecule has 1 aliphatic carbocycles. The van der Waals surface area contributed by atoms with Crippen LogP contribution in [-0.2, 0) is 11.3 Å². The number of rotatable bonds is 7. The molecular formula is C23H24ClN7O2. The van der Waals surface area contributed by atoms with Crippen LogP contribution in [0.5, 0.6) is 0 Å². The molecule has 170 valence electrons. The number of aromatic nitrogens is 2. The molecule has 4 rings (SSSR count). The smallest absolute Gasteiger partial charge is 0.294 e. The lowest BCUT2D eigenvalue weighted by Crippen LogP contribution is -2.35. The molecule has 1 amide bonds. The zero-order chi connectivity index (χ0) is 23.5. The lowest BCUT2D eigenvalue weighted by molar-refractivity contribution is -0.116. The summed E-state index contributed by atoms with van der Waals surface area (Å²) in [7, 11) is 0. The molecule has 0 unspecified atom stereocenters. The van der Waals surface area contributed by atoms with Crippen LogP contribution in [0.15, 0.2) is 53.3 Å². The molecule has 0 aliphatic heterocycles. The molecule has 0 spiro atoms. The minimum Gasteiger partial charge on any atom is -0.399 e. The second-order valence-electron chi connectivity index (χ2n) is 7.93. The van der Waals surface area contributed by atoms with E-state index in [0.717, 1.165) is 19.3 Å². The van der Waals surface area contributed by atoms with Crippen LogP contribution in [0.2, 0.25) is 5.15 Å². The number of hydrogen-bond donors (Lipinski definition) is 5. The highest BCUT2D eigenvalue weighted by Crippen LogP contribution is 2.29. The summed E-state index contributed by atoms with van der Waals surface area (Å²) in [6.07, 6.45) is 2.99.